The molecule has 0 aromatic rings. The molecule has 3 aliphatic rings. The molecule has 0 N–H and O–H groups in total. The molecular weight excluding hydrogens is 236 g/mol. The highest BCUT2D eigenvalue weighted by Gasteiger charge is 2.35. The Bertz CT molecular complexity index is 278. The molecule has 3 saturated heterocycles. The minimum atomic E-state index is 0.549. The van der Waals surface area contributed by atoms with Crippen LogP contribution in [0.3, 0.4) is 0 Å². The van der Waals surface area contributed by atoms with Gasteiger partial charge >= 0.3 is 0 Å². The molecule has 0 aromatic heterocycles. The summed E-state index contributed by atoms with van der Waals surface area (Å²) < 4.78 is 5.89. The van der Waals surface area contributed by atoms with Crippen LogP contribution in [0.15, 0.2) is 0 Å². The summed E-state index contributed by atoms with van der Waals surface area (Å²) in [4.78, 5) is 5.51. The average Bonchev–Trinajstić information content (AvgIpc) is 2.92. The van der Waals surface area contributed by atoms with E-state index in [9.17, 15) is 0 Å². The first-order valence-corrected chi connectivity index (χ1v) is 8.46. The second-order valence-corrected chi connectivity index (χ2v) is 6.63. The van der Waals surface area contributed by atoms with E-state index in [-0.39, 0.29) is 0 Å². The Balaban J connectivity index is 1.50. The van der Waals surface area contributed by atoms with Crippen LogP contribution < -0.4 is 0 Å². The molecule has 3 fully saturated rings. The van der Waals surface area contributed by atoms with E-state index in [0.29, 0.717) is 6.10 Å². The molecule has 0 aromatic carbocycles. The summed E-state index contributed by atoms with van der Waals surface area (Å²) in [5.41, 5.74) is 0. The molecule has 110 valence electrons. The van der Waals surface area contributed by atoms with Crippen LogP contribution in [-0.2, 0) is 4.74 Å². The fraction of sp³-hybridized carbons (Fsp3) is 1.00. The maximum Gasteiger partial charge on any atom is 0.0587 e. The maximum absolute atomic E-state index is 5.89. The van der Waals surface area contributed by atoms with Gasteiger partial charge in [0, 0.05) is 38.3 Å². The molecule has 3 nitrogen and oxygen atoms in total. The van der Waals surface area contributed by atoms with Crippen LogP contribution >= 0.6 is 0 Å². The zero-order valence-corrected chi connectivity index (χ0v) is 12.5. The summed E-state index contributed by atoms with van der Waals surface area (Å²) >= 11 is 0. The highest BCUT2D eigenvalue weighted by molar-refractivity contribution is 4.91. The van der Waals surface area contributed by atoms with Crippen LogP contribution in [0.25, 0.3) is 0 Å². The van der Waals surface area contributed by atoms with Crippen molar-refractivity contribution in [1.29, 1.82) is 0 Å². The summed E-state index contributed by atoms with van der Waals surface area (Å²) in [6.07, 6.45) is 9.88. The number of nitrogens with zero attached hydrogens (tertiary/aromatic N) is 2. The Labute approximate surface area is 118 Å². The Morgan fingerprint density at radius 1 is 1.11 bits per heavy atom. The number of hydrogen-bond donors (Lipinski definition) is 0. The summed E-state index contributed by atoms with van der Waals surface area (Å²) in [5.74, 6) is 0. The normalized spacial score (nSPS) is 37.4. The van der Waals surface area contributed by atoms with Gasteiger partial charge in [-0.2, -0.15) is 0 Å². The third kappa shape index (κ3) is 3.32. The predicted octanol–water partition coefficient (Wildman–Crippen LogP) is 2.50. The van der Waals surface area contributed by atoms with E-state index in [1.165, 1.54) is 71.1 Å². The molecule has 0 aliphatic carbocycles. The number of piperazine rings is 1. The van der Waals surface area contributed by atoms with Crippen molar-refractivity contribution in [1.82, 2.24) is 9.80 Å². The molecule has 3 heteroatoms. The van der Waals surface area contributed by atoms with Gasteiger partial charge in [0.25, 0.3) is 0 Å². The number of rotatable bonds is 4. The minimum Gasteiger partial charge on any atom is -0.378 e. The Hall–Kier alpha value is -0.120. The van der Waals surface area contributed by atoms with Crippen LogP contribution in [0.2, 0.25) is 0 Å². The van der Waals surface area contributed by atoms with Gasteiger partial charge in [-0.05, 0) is 51.5 Å². The van der Waals surface area contributed by atoms with Crippen molar-refractivity contribution in [2.75, 3.05) is 32.8 Å². The van der Waals surface area contributed by atoms with Gasteiger partial charge in [-0.15, -0.1) is 0 Å². The molecule has 0 amide bonds. The van der Waals surface area contributed by atoms with Crippen molar-refractivity contribution in [2.24, 2.45) is 0 Å². The lowest BCUT2D eigenvalue weighted by atomic mass is 10.0. The van der Waals surface area contributed by atoms with E-state index in [1.807, 2.05) is 0 Å². The maximum atomic E-state index is 5.89. The third-order valence-electron chi connectivity index (χ3n) is 5.39. The zero-order valence-electron chi connectivity index (χ0n) is 12.5. The standard InChI is InChI=1S/C16H30N2O/c1-2-14-12-17-9-5-6-15(17)13-18(14)10-8-16-7-3-4-11-19-16/h14-16H,2-13H2,1H3. The van der Waals surface area contributed by atoms with Crippen LogP contribution in [0.5, 0.6) is 0 Å². The second kappa shape index (κ2) is 6.55. The molecule has 0 bridgehead atoms. The zero-order chi connectivity index (χ0) is 13.1. The minimum absolute atomic E-state index is 0.549. The molecule has 3 rings (SSSR count). The monoisotopic (exact) mass is 266 g/mol. The van der Waals surface area contributed by atoms with Gasteiger partial charge in [0.15, 0.2) is 0 Å². The molecule has 3 atom stereocenters. The van der Waals surface area contributed by atoms with Gasteiger partial charge < -0.3 is 4.74 Å². The summed E-state index contributed by atoms with van der Waals surface area (Å²) in [7, 11) is 0. The van der Waals surface area contributed by atoms with Gasteiger partial charge in [-0.1, -0.05) is 6.92 Å². The topological polar surface area (TPSA) is 15.7 Å². The number of fused-ring (bicyclic) bond motifs is 1. The van der Waals surface area contributed by atoms with Crippen molar-refractivity contribution in [3.8, 4) is 0 Å². The first-order chi connectivity index (χ1) is 9.36. The largest absolute Gasteiger partial charge is 0.378 e. The van der Waals surface area contributed by atoms with Gasteiger partial charge in [-0.25, -0.2) is 0 Å². The summed E-state index contributed by atoms with van der Waals surface area (Å²) in [6, 6.07) is 1.65. The van der Waals surface area contributed by atoms with E-state index in [0.717, 1.165) is 18.7 Å². The van der Waals surface area contributed by atoms with Gasteiger partial charge in [0.05, 0.1) is 6.10 Å². The van der Waals surface area contributed by atoms with E-state index in [1.54, 1.807) is 0 Å². The summed E-state index contributed by atoms with van der Waals surface area (Å²) in [5, 5.41) is 0. The quantitative estimate of drug-likeness (QED) is 0.777. The van der Waals surface area contributed by atoms with E-state index >= 15 is 0 Å². The molecular formula is C16H30N2O. The van der Waals surface area contributed by atoms with E-state index in [4.69, 9.17) is 4.74 Å². The molecule has 3 heterocycles. The van der Waals surface area contributed by atoms with Crippen molar-refractivity contribution in [2.45, 2.75) is 70.1 Å². The van der Waals surface area contributed by atoms with Crippen molar-refractivity contribution in [3.63, 3.8) is 0 Å². The lowest BCUT2D eigenvalue weighted by molar-refractivity contribution is -0.00873. The first-order valence-electron chi connectivity index (χ1n) is 8.46. The van der Waals surface area contributed by atoms with Crippen molar-refractivity contribution in [3.05, 3.63) is 0 Å². The first kappa shape index (κ1) is 13.8. The molecule has 3 unspecified atom stereocenters. The highest BCUT2D eigenvalue weighted by atomic mass is 16.5. The third-order valence-corrected chi connectivity index (χ3v) is 5.39. The highest BCUT2D eigenvalue weighted by Crippen LogP contribution is 2.26. The fourth-order valence-corrected chi connectivity index (χ4v) is 4.15. The van der Waals surface area contributed by atoms with Gasteiger partial charge in [-0.3, -0.25) is 9.80 Å². The smallest absolute Gasteiger partial charge is 0.0587 e. The van der Waals surface area contributed by atoms with Crippen molar-refractivity contribution >= 4 is 0 Å². The summed E-state index contributed by atoms with van der Waals surface area (Å²) in [6.45, 7) is 8.58. The Kier molecular flexibility index (Phi) is 4.78. The molecule has 0 spiro atoms. The predicted molar refractivity (Wildman–Crippen MR) is 78.5 cm³/mol. The molecule has 19 heavy (non-hydrogen) atoms. The van der Waals surface area contributed by atoms with E-state index in [2.05, 4.69) is 16.7 Å². The molecule has 3 aliphatic heterocycles. The van der Waals surface area contributed by atoms with Gasteiger partial charge in [0.2, 0.25) is 0 Å². The lowest BCUT2D eigenvalue weighted by Crippen LogP contribution is -2.56. The average molecular weight is 266 g/mol. The number of ether oxygens (including phenoxy) is 1. The van der Waals surface area contributed by atoms with Crippen LogP contribution in [0, 0.1) is 0 Å². The second-order valence-electron chi connectivity index (χ2n) is 6.63. The lowest BCUT2D eigenvalue weighted by Gasteiger charge is -2.44. The van der Waals surface area contributed by atoms with Crippen LogP contribution in [0.4, 0.5) is 0 Å². The van der Waals surface area contributed by atoms with Crippen LogP contribution in [-0.4, -0.2) is 60.8 Å². The SMILES string of the molecule is CCC1CN2CCCC2CN1CCC1CCCCO1. The van der Waals surface area contributed by atoms with Crippen molar-refractivity contribution < 1.29 is 4.74 Å². The Morgan fingerprint density at radius 2 is 2.05 bits per heavy atom. The molecule has 0 saturated carbocycles. The van der Waals surface area contributed by atoms with Gasteiger partial charge in [0.1, 0.15) is 0 Å². The van der Waals surface area contributed by atoms with E-state index < -0.39 is 0 Å². The Morgan fingerprint density at radius 3 is 2.84 bits per heavy atom. The van der Waals surface area contributed by atoms with Crippen LogP contribution in [0.1, 0.15) is 51.9 Å². The fourth-order valence-electron chi connectivity index (χ4n) is 4.15. The number of hydrogen-bond acceptors (Lipinski definition) is 3. The molecule has 0 radical (unpaired) electrons.